The smallest absolute Gasteiger partial charge is 0.744 e. The molecule has 3 aliphatic rings. The zero-order chi connectivity index (χ0) is 46.3. The Morgan fingerprint density at radius 3 is 1.45 bits per heavy atom. The molecule has 0 atom stereocenters. The normalized spacial score (nSPS) is 16.6. The van der Waals surface area contributed by atoms with Crippen LogP contribution in [0.1, 0.15) is 43.6 Å². The minimum absolute atomic E-state index is 0. The molecule has 332 valence electrons. The topological polar surface area (TPSA) is 296 Å². The van der Waals surface area contributed by atoms with Gasteiger partial charge < -0.3 is 24.6 Å². The third kappa shape index (κ3) is 12.5. The average Bonchev–Trinajstić information content (AvgIpc) is 3.26. The van der Waals surface area contributed by atoms with Gasteiger partial charge in [0.15, 0.2) is 0 Å². The number of benzene rings is 3. The summed E-state index contributed by atoms with van der Waals surface area (Å²) in [5, 5.41) is 20.1. The number of nitrogens with two attached hydrogens (primary N) is 1. The van der Waals surface area contributed by atoms with E-state index in [0.717, 1.165) is 37.6 Å². The van der Waals surface area contributed by atoms with E-state index in [-0.39, 0.29) is 93.5 Å². The third-order valence-corrected chi connectivity index (χ3v) is 11.6. The van der Waals surface area contributed by atoms with Gasteiger partial charge in [-0.3, -0.25) is 30.7 Å². The van der Waals surface area contributed by atoms with Gasteiger partial charge in [0.2, 0.25) is 17.3 Å². The molecule has 0 bridgehead atoms. The van der Waals surface area contributed by atoms with Crippen molar-refractivity contribution in [2.75, 3.05) is 48.2 Å². The van der Waals surface area contributed by atoms with Crippen LogP contribution in [0, 0.1) is 0 Å². The second-order valence-corrected chi connectivity index (χ2v) is 16.5. The van der Waals surface area contributed by atoms with E-state index in [0.29, 0.717) is 23.5 Å². The van der Waals surface area contributed by atoms with E-state index < -0.39 is 64.0 Å². The molecule has 0 aromatic heterocycles. The van der Waals surface area contributed by atoms with Gasteiger partial charge in [0, 0.05) is 49.7 Å². The van der Waals surface area contributed by atoms with Crippen LogP contribution in [-0.4, -0.2) is 96.4 Å². The number of Topliss-reactive ketones (excluding diaryl/α,β-unsaturated/α-hetero) is 1. The molecule has 0 fully saturated rings. The molecule has 3 aliphatic carbocycles. The largest absolute Gasteiger partial charge is 1.00 e. The molecule has 0 spiro atoms. The van der Waals surface area contributed by atoms with Crippen LogP contribution in [-0.2, 0) is 29.8 Å². The maximum Gasteiger partial charge on any atom is 1.00 e. The van der Waals surface area contributed by atoms with Crippen LogP contribution in [0.4, 0.5) is 34.1 Å². The molecular weight excluding hydrogens is 913 g/mol. The predicted molar refractivity (Wildman–Crippen MR) is 241 cm³/mol. The molecule has 0 saturated carbocycles. The Bertz CT molecular complexity index is 2920. The van der Waals surface area contributed by atoms with Gasteiger partial charge in [0.05, 0.1) is 43.8 Å². The summed E-state index contributed by atoms with van der Waals surface area (Å²) >= 11 is 0. The zero-order valence-corrected chi connectivity index (χ0v) is 42.4. The molecule has 0 amide bonds. The number of carbonyl (C=O) groups excluding carboxylic acids is 3. The first-order chi connectivity index (χ1) is 30.4. The van der Waals surface area contributed by atoms with E-state index in [1.807, 2.05) is 37.5 Å². The first kappa shape index (κ1) is 53.2. The first-order valence-electron chi connectivity index (χ1n) is 19.6. The molecule has 5 N–H and O–H groups in total. The molecule has 24 heteroatoms. The zero-order valence-electron chi connectivity index (χ0n) is 36.8. The van der Waals surface area contributed by atoms with Crippen LogP contribution in [0.3, 0.4) is 0 Å². The Hall–Kier alpha value is -5.40. The summed E-state index contributed by atoms with van der Waals surface area (Å²) in [6, 6.07) is 12.7. The van der Waals surface area contributed by atoms with Crippen molar-refractivity contribution in [1.29, 1.82) is 0 Å². The van der Waals surface area contributed by atoms with Crippen molar-refractivity contribution in [3.63, 3.8) is 0 Å². The van der Waals surface area contributed by atoms with Gasteiger partial charge in [0.25, 0.3) is 0 Å². The SMILES string of the molecule is CCN(CC)C1=CC(=O)/C(=N\Nc2ccc(N/N=C3/C(=O)c4c(cc(S(=O)(=O)[O-])c(N=Nc5ccc(N/N=C6\C=CC(N(CC)CC)=CC6=O)cc5)c4N)C=C3S(=O)(=O)[O-])cc2)C=C1.[Na+].[Na+]. The molecule has 3 aromatic rings. The van der Waals surface area contributed by atoms with Gasteiger partial charge in [-0.05, 0) is 118 Å². The number of nitrogens with zero attached hydrogens (tertiary/aromatic N) is 7. The number of azo groups is 1. The van der Waals surface area contributed by atoms with E-state index >= 15 is 0 Å². The van der Waals surface area contributed by atoms with Crippen molar-refractivity contribution >= 4 is 94.9 Å². The average molecular weight is 954 g/mol. The predicted octanol–water partition coefficient (Wildman–Crippen LogP) is -0.588. The van der Waals surface area contributed by atoms with Gasteiger partial charge >= 0.3 is 59.1 Å². The minimum Gasteiger partial charge on any atom is -0.744 e. The van der Waals surface area contributed by atoms with Gasteiger partial charge in [-0.2, -0.15) is 20.4 Å². The first-order valence-corrected chi connectivity index (χ1v) is 22.4. The van der Waals surface area contributed by atoms with Gasteiger partial charge in [0.1, 0.15) is 43.1 Å². The van der Waals surface area contributed by atoms with Crippen LogP contribution in [0.2, 0.25) is 0 Å². The standard InChI is InChI=1S/C42H43N11O9S2.2Na/c1-5-52(6-2)30-17-19-32(34(54)23-30)48-44-26-9-13-28(14-10-26)46-50-40-36(63(57,58)59)21-25-22-37(64(60,61)62)41(42(56)38(25)39(40)43)51-47-29-15-11-27(12-16-29)45-49-33-20-18-31(24-35(33)55)53(7-3)8-4;;/h9-24,44-45,47H,5-8,43H2,1-4H3,(H,57,58,59)(H,60,61,62);;/q;2*+1/p-2/b48-32+,49-33-,50-46?,51-41+;;. The van der Waals surface area contributed by atoms with Crippen LogP contribution in [0.25, 0.3) is 6.08 Å². The summed E-state index contributed by atoms with van der Waals surface area (Å²) in [5.41, 5.74) is 14.3. The van der Waals surface area contributed by atoms with Crippen molar-refractivity contribution in [3.05, 3.63) is 118 Å². The van der Waals surface area contributed by atoms with Crippen molar-refractivity contribution in [3.8, 4) is 0 Å². The molecule has 66 heavy (non-hydrogen) atoms. The number of hydrazone groups is 3. The van der Waals surface area contributed by atoms with Crippen LogP contribution in [0.15, 0.2) is 138 Å². The van der Waals surface area contributed by atoms with Crippen molar-refractivity contribution in [2.45, 2.75) is 32.6 Å². The number of hydrogen-bond donors (Lipinski definition) is 4. The Balaban J connectivity index is 0.00000476. The fourth-order valence-corrected chi connectivity index (χ4v) is 7.85. The third-order valence-electron chi connectivity index (χ3n) is 9.90. The van der Waals surface area contributed by atoms with Gasteiger partial charge in [-0.25, -0.2) is 16.8 Å². The van der Waals surface area contributed by atoms with E-state index in [2.05, 4.69) is 41.8 Å². The Morgan fingerprint density at radius 2 is 1.05 bits per heavy atom. The summed E-state index contributed by atoms with van der Waals surface area (Å²) in [5.74, 6) is -1.78. The van der Waals surface area contributed by atoms with Crippen molar-refractivity contribution in [1.82, 2.24) is 9.80 Å². The summed E-state index contributed by atoms with van der Waals surface area (Å²) in [7, 11) is -10.8. The molecule has 0 aliphatic heterocycles. The Kier molecular flexibility index (Phi) is 18.4. The summed E-state index contributed by atoms with van der Waals surface area (Å²) in [6.07, 6.45) is 10.5. The number of likely N-dealkylation sites (N-methyl/N-ethyl adjacent to an activating group) is 2. The number of nitrogens with one attached hydrogen (secondary N) is 3. The maximum absolute atomic E-state index is 13.9. The molecule has 0 radical (unpaired) electrons. The Labute approximate surface area is 425 Å². The molecule has 0 heterocycles. The van der Waals surface area contributed by atoms with E-state index in [1.54, 1.807) is 24.3 Å². The summed E-state index contributed by atoms with van der Waals surface area (Å²) < 4.78 is 74.5. The van der Waals surface area contributed by atoms with Gasteiger partial charge in [-0.15, -0.1) is 5.11 Å². The number of fused-ring (bicyclic) bond motifs is 1. The molecule has 3 aromatic carbocycles. The fraction of sp³-hybridized carbons (Fsp3) is 0.190. The Morgan fingerprint density at radius 1 is 0.606 bits per heavy atom. The van der Waals surface area contributed by atoms with Crippen molar-refractivity contribution < 1.29 is 99.4 Å². The number of hydrogen-bond acceptors (Lipinski definition) is 20. The van der Waals surface area contributed by atoms with E-state index in [4.69, 9.17) is 5.73 Å². The quantitative estimate of drug-likeness (QED) is 0.0349. The van der Waals surface area contributed by atoms with Crippen molar-refractivity contribution in [2.24, 2.45) is 25.5 Å². The summed E-state index contributed by atoms with van der Waals surface area (Å²) in [6.45, 7) is 10.9. The summed E-state index contributed by atoms with van der Waals surface area (Å²) in [4.78, 5) is 41.0. The molecular formula is C42H41N11Na2O9S2. The molecule has 6 rings (SSSR count). The number of allylic oxidation sites excluding steroid dienone is 7. The minimum atomic E-state index is -5.43. The molecule has 0 unspecified atom stereocenters. The van der Waals surface area contributed by atoms with Gasteiger partial charge in [-0.1, -0.05) is 0 Å². The molecule has 0 saturated heterocycles. The van der Waals surface area contributed by atoms with Crippen LogP contribution >= 0.6 is 0 Å². The molecule has 20 nitrogen and oxygen atoms in total. The number of anilines is 4. The number of nitrogen functional groups attached to an aromatic ring is 1. The van der Waals surface area contributed by atoms with E-state index in [1.165, 1.54) is 60.7 Å². The van der Waals surface area contributed by atoms with Crippen LogP contribution < -0.4 is 81.1 Å². The van der Waals surface area contributed by atoms with Crippen LogP contribution in [0.5, 0.6) is 0 Å². The van der Waals surface area contributed by atoms with E-state index in [9.17, 15) is 40.3 Å². The maximum atomic E-state index is 13.9. The second kappa shape index (κ2) is 22.9. The number of carbonyl (C=O) groups is 3. The number of rotatable bonds is 16. The fourth-order valence-electron chi connectivity index (χ4n) is 6.55. The monoisotopic (exact) mass is 953 g/mol. The second-order valence-electron chi connectivity index (χ2n) is 13.8. The number of ketones is 3.